The molecule has 190 valence electrons. The molecule has 1 heterocycles. The van der Waals surface area contributed by atoms with Crippen LogP contribution in [0, 0.1) is 11.8 Å². The number of ketones is 1. The van der Waals surface area contributed by atoms with Gasteiger partial charge in [0.05, 0.1) is 46.5 Å². The maximum Gasteiger partial charge on any atom is 0.336 e. The molecule has 2 aliphatic rings. The lowest BCUT2D eigenvalue weighted by molar-refractivity contribution is -0.151. The van der Waals surface area contributed by atoms with Crippen LogP contribution in [0.2, 0.25) is 0 Å². The molecule has 0 fully saturated rings. The van der Waals surface area contributed by atoms with Crippen LogP contribution in [0.1, 0.15) is 45.1 Å². The lowest BCUT2D eigenvalue weighted by Crippen LogP contribution is -2.43. The zero-order valence-electron chi connectivity index (χ0n) is 21.3. The number of ether oxygens (including phenoxy) is 5. The van der Waals surface area contributed by atoms with Crippen molar-refractivity contribution < 1.29 is 38.1 Å². The van der Waals surface area contributed by atoms with Crippen LogP contribution >= 0.6 is 0 Å². The summed E-state index contributed by atoms with van der Waals surface area (Å²) in [5.41, 5.74) is 2.35. The van der Waals surface area contributed by atoms with Gasteiger partial charge < -0.3 is 29.0 Å². The first-order valence-electron chi connectivity index (χ1n) is 11.5. The first-order chi connectivity index (χ1) is 16.7. The molecule has 0 saturated carbocycles. The second-order valence-electron chi connectivity index (χ2n) is 8.62. The molecule has 0 saturated heterocycles. The number of carbonyl (C=O) groups excluding carboxylic acids is 3. The zero-order valence-corrected chi connectivity index (χ0v) is 21.3. The van der Waals surface area contributed by atoms with E-state index in [1.807, 2.05) is 13.8 Å². The summed E-state index contributed by atoms with van der Waals surface area (Å²) in [7, 11) is 5.76. The summed E-state index contributed by atoms with van der Waals surface area (Å²) in [5, 5.41) is 3.24. The van der Waals surface area contributed by atoms with Crippen molar-refractivity contribution in [2.75, 3.05) is 35.0 Å². The van der Waals surface area contributed by atoms with Gasteiger partial charge in [0.25, 0.3) is 0 Å². The van der Waals surface area contributed by atoms with Gasteiger partial charge in [-0.05, 0) is 31.7 Å². The maximum atomic E-state index is 13.9. The molecule has 0 bridgehead atoms. The van der Waals surface area contributed by atoms with Crippen molar-refractivity contribution in [1.82, 2.24) is 5.32 Å². The van der Waals surface area contributed by atoms with Crippen LogP contribution in [0.5, 0.6) is 17.2 Å². The molecule has 0 unspecified atom stereocenters. The van der Waals surface area contributed by atoms with E-state index in [1.165, 1.54) is 28.4 Å². The number of hydrogen-bond acceptors (Lipinski definition) is 9. The number of esters is 2. The number of Topliss-reactive ketones (excluding diaryl/α,β-unsaturated/α-hetero) is 1. The number of benzene rings is 1. The molecule has 0 aromatic heterocycles. The third kappa shape index (κ3) is 4.72. The van der Waals surface area contributed by atoms with Gasteiger partial charge in [0, 0.05) is 28.6 Å². The minimum absolute atomic E-state index is 0.229. The minimum Gasteiger partial charge on any atom is -0.496 e. The quantitative estimate of drug-likeness (QED) is 0.436. The molecular formula is C26H33NO8. The Balaban J connectivity index is 2.30. The Kier molecular flexibility index (Phi) is 8.09. The van der Waals surface area contributed by atoms with Crippen LogP contribution in [-0.2, 0) is 23.9 Å². The van der Waals surface area contributed by atoms with Crippen molar-refractivity contribution in [3.05, 3.63) is 40.2 Å². The molecule has 0 amide bonds. The van der Waals surface area contributed by atoms with Gasteiger partial charge in [-0.3, -0.25) is 9.59 Å². The van der Waals surface area contributed by atoms with E-state index >= 15 is 0 Å². The fraction of sp³-hybridized carbons (Fsp3) is 0.500. The molecule has 1 aromatic rings. The molecule has 3 rings (SSSR count). The van der Waals surface area contributed by atoms with E-state index in [4.69, 9.17) is 23.7 Å². The molecule has 9 nitrogen and oxygen atoms in total. The van der Waals surface area contributed by atoms with Gasteiger partial charge in [0.15, 0.2) is 17.3 Å². The Morgan fingerprint density at radius 2 is 1.66 bits per heavy atom. The van der Waals surface area contributed by atoms with Crippen LogP contribution in [0.3, 0.4) is 0 Å². The summed E-state index contributed by atoms with van der Waals surface area (Å²) in [6.45, 7) is 5.73. The number of rotatable bonds is 8. The molecule has 3 atom stereocenters. The highest BCUT2D eigenvalue weighted by Gasteiger charge is 2.48. The van der Waals surface area contributed by atoms with Crippen LogP contribution in [0.25, 0.3) is 0 Å². The smallest absolute Gasteiger partial charge is 0.336 e. The number of dihydropyridines is 1. The maximum absolute atomic E-state index is 13.9. The first kappa shape index (κ1) is 26.1. The SMILES string of the molecule is CCCOC(=O)C1=C(C)NC2=C(C(=O)[C@H](C(=O)OC)[C@@H](C)C2)[C@H]1c1cc(OC)c(OC)cc1OC. The third-order valence-corrected chi connectivity index (χ3v) is 6.45. The Bertz CT molecular complexity index is 1090. The van der Waals surface area contributed by atoms with Gasteiger partial charge in [-0.2, -0.15) is 0 Å². The third-order valence-electron chi connectivity index (χ3n) is 6.45. The predicted octanol–water partition coefficient (Wildman–Crippen LogP) is 3.28. The summed E-state index contributed by atoms with van der Waals surface area (Å²) in [5.74, 6) is -2.43. The zero-order chi connectivity index (χ0) is 25.9. The average Bonchev–Trinajstić information content (AvgIpc) is 2.85. The van der Waals surface area contributed by atoms with E-state index < -0.39 is 29.6 Å². The first-order valence-corrected chi connectivity index (χ1v) is 11.5. The van der Waals surface area contributed by atoms with Crippen LogP contribution in [0.15, 0.2) is 34.7 Å². The molecule has 1 N–H and O–H groups in total. The van der Waals surface area contributed by atoms with E-state index in [1.54, 1.807) is 19.1 Å². The van der Waals surface area contributed by atoms with E-state index in [0.29, 0.717) is 52.6 Å². The Morgan fingerprint density at radius 3 is 2.23 bits per heavy atom. The van der Waals surface area contributed by atoms with Crippen molar-refractivity contribution >= 4 is 17.7 Å². The van der Waals surface area contributed by atoms with Crippen LogP contribution in [-0.4, -0.2) is 52.8 Å². The molecular weight excluding hydrogens is 454 g/mol. The van der Waals surface area contributed by atoms with E-state index in [-0.39, 0.29) is 18.1 Å². The average molecular weight is 488 g/mol. The number of carbonyl (C=O) groups is 3. The fourth-order valence-corrected chi connectivity index (χ4v) is 4.81. The van der Waals surface area contributed by atoms with Crippen molar-refractivity contribution in [3.8, 4) is 17.2 Å². The van der Waals surface area contributed by atoms with E-state index in [0.717, 1.165) is 0 Å². The largest absolute Gasteiger partial charge is 0.496 e. The van der Waals surface area contributed by atoms with Gasteiger partial charge in [0.2, 0.25) is 0 Å². The second-order valence-corrected chi connectivity index (χ2v) is 8.62. The number of nitrogens with one attached hydrogen (secondary N) is 1. The minimum atomic E-state index is -0.986. The number of allylic oxidation sites excluding steroid dienone is 3. The highest BCUT2D eigenvalue weighted by atomic mass is 16.5. The Labute approximate surface area is 205 Å². The molecule has 35 heavy (non-hydrogen) atoms. The molecule has 1 aromatic carbocycles. The topological polar surface area (TPSA) is 109 Å². The van der Waals surface area contributed by atoms with Crippen LogP contribution in [0.4, 0.5) is 0 Å². The summed E-state index contributed by atoms with van der Waals surface area (Å²) in [6, 6.07) is 3.34. The van der Waals surface area contributed by atoms with Gasteiger partial charge in [-0.25, -0.2) is 4.79 Å². The Hall–Kier alpha value is -3.49. The molecule has 1 aliphatic carbocycles. The fourth-order valence-electron chi connectivity index (χ4n) is 4.81. The molecule has 9 heteroatoms. The lowest BCUT2D eigenvalue weighted by Gasteiger charge is -2.38. The normalized spacial score (nSPS) is 21.7. The highest BCUT2D eigenvalue weighted by molar-refractivity contribution is 6.12. The van der Waals surface area contributed by atoms with Crippen molar-refractivity contribution in [3.63, 3.8) is 0 Å². The molecule has 1 aliphatic heterocycles. The standard InChI is InChI=1S/C26H33NO8/c1-8-9-35-26(30)21-14(3)27-16-10-13(2)20(25(29)34-7)24(28)23(16)22(21)15-11-18(32-5)19(33-6)12-17(15)31-4/h11-13,20,22,27H,8-10H2,1-7H3/t13-,20+,22-/m0/s1. The van der Waals surface area contributed by atoms with Crippen molar-refractivity contribution in [1.29, 1.82) is 0 Å². The molecule has 0 radical (unpaired) electrons. The monoisotopic (exact) mass is 487 g/mol. The van der Waals surface area contributed by atoms with E-state index in [2.05, 4.69) is 5.32 Å². The van der Waals surface area contributed by atoms with Gasteiger partial charge in [0.1, 0.15) is 11.7 Å². The van der Waals surface area contributed by atoms with E-state index in [9.17, 15) is 14.4 Å². The van der Waals surface area contributed by atoms with Gasteiger partial charge in [-0.1, -0.05) is 13.8 Å². The summed E-state index contributed by atoms with van der Waals surface area (Å²) in [4.78, 5) is 39.7. The number of methoxy groups -OCH3 is 4. The van der Waals surface area contributed by atoms with Gasteiger partial charge in [-0.15, -0.1) is 0 Å². The summed E-state index contributed by atoms with van der Waals surface area (Å²) >= 11 is 0. The highest BCUT2D eigenvalue weighted by Crippen LogP contribution is 2.49. The number of hydrogen-bond donors (Lipinski definition) is 1. The molecule has 0 spiro atoms. The second kappa shape index (κ2) is 10.8. The van der Waals surface area contributed by atoms with Crippen LogP contribution < -0.4 is 19.5 Å². The predicted molar refractivity (Wildman–Crippen MR) is 127 cm³/mol. The van der Waals surface area contributed by atoms with Crippen molar-refractivity contribution in [2.24, 2.45) is 11.8 Å². The Morgan fingerprint density at radius 1 is 1.03 bits per heavy atom. The summed E-state index contributed by atoms with van der Waals surface area (Å²) in [6.07, 6.45) is 1.08. The van der Waals surface area contributed by atoms with Crippen molar-refractivity contribution in [2.45, 2.75) is 39.5 Å². The van der Waals surface area contributed by atoms with Gasteiger partial charge >= 0.3 is 11.9 Å². The lowest BCUT2D eigenvalue weighted by atomic mass is 9.69. The summed E-state index contributed by atoms with van der Waals surface area (Å²) < 4.78 is 27.0.